The second-order valence-corrected chi connectivity index (χ2v) is 9.68. The Morgan fingerprint density at radius 1 is 1.21 bits per heavy atom. The molecule has 4 rings (SSSR count). The number of rotatable bonds is 6. The Kier molecular flexibility index (Phi) is 5.33. The van der Waals surface area contributed by atoms with Gasteiger partial charge in [0.2, 0.25) is 11.3 Å². The van der Waals surface area contributed by atoms with E-state index >= 15 is 0 Å². The maximum absolute atomic E-state index is 13.4. The highest BCUT2D eigenvalue weighted by atomic mass is 32.2. The van der Waals surface area contributed by atoms with Gasteiger partial charge in [0, 0.05) is 36.3 Å². The van der Waals surface area contributed by atoms with Gasteiger partial charge in [-0.2, -0.15) is 4.31 Å². The summed E-state index contributed by atoms with van der Waals surface area (Å²) in [5, 5.41) is 0.759. The molecule has 1 aliphatic rings. The molecule has 7 nitrogen and oxygen atoms in total. The summed E-state index contributed by atoms with van der Waals surface area (Å²) in [7, 11) is -2.40. The summed E-state index contributed by atoms with van der Waals surface area (Å²) >= 11 is -1.53. The zero-order valence-electron chi connectivity index (χ0n) is 15.4. The summed E-state index contributed by atoms with van der Waals surface area (Å²) in [5.74, 6) is 0. The van der Waals surface area contributed by atoms with Crippen molar-refractivity contribution in [2.75, 3.05) is 13.7 Å². The Bertz CT molecular complexity index is 1110. The van der Waals surface area contributed by atoms with E-state index in [2.05, 4.69) is 4.98 Å². The molecule has 0 aliphatic carbocycles. The summed E-state index contributed by atoms with van der Waals surface area (Å²) in [5.41, 5.74) is 1.03. The van der Waals surface area contributed by atoms with Crippen LogP contribution >= 0.6 is 0 Å². The minimum Gasteiger partial charge on any atom is -0.281 e. The lowest BCUT2D eigenvalue weighted by molar-refractivity contribution is 0.339. The van der Waals surface area contributed by atoms with Crippen molar-refractivity contribution in [3.8, 4) is 0 Å². The molecular weight excluding hydrogens is 398 g/mol. The van der Waals surface area contributed by atoms with Crippen LogP contribution < -0.4 is 0 Å². The summed E-state index contributed by atoms with van der Waals surface area (Å²) in [4.78, 5) is 4.54. The van der Waals surface area contributed by atoms with Gasteiger partial charge in [-0.15, -0.1) is 0 Å². The zero-order valence-corrected chi connectivity index (χ0v) is 17.0. The topological polar surface area (TPSA) is 81.5 Å². The van der Waals surface area contributed by atoms with Crippen LogP contribution in [0.25, 0.3) is 11.0 Å². The first-order chi connectivity index (χ1) is 13.5. The third kappa shape index (κ3) is 3.39. The Hall–Kier alpha value is -2.07. The predicted octanol–water partition coefficient (Wildman–Crippen LogP) is 2.51. The number of pyridine rings is 1. The fraction of sp³-hybridized carbons (Fsp3) is 0.316. The Morgan fingerprint density at radius 3 is 2.75 bits per heavy atom. The van der Waals surface area contributed by atoms with Crippen molar-refractivity contribution in [1.29, 1.82) is 0 Å². The smallest absolute Gasteiger partial charge is 0.269 e. The average molecular weight is 420 g/mol. The van der Waals surface area contributed by atoms with E-state index in [4.69, 9.17) is 4.18 Å². The van der Waals surface area contributed by atoms with E-state index in [0.717, 1.165) is 18.2 Å². The van der Waals surface area contributed by atoms with Crippen LogP contribution in [0.15, 0.2) is 59.6 Å². The molecule has 0 bridgehead atoms. The first-order valence-corrected chi connectivity index (χ1v) is 11.5. The van der Waals surface area contributed by atoms with E-state index in [1.54, 1.807) is 46.9 Å². The van der Waals surface area contributed by atoms with Gasteiger partial charge >= 0.3 is 0 Å². The fourth-order valence-corrected chi connectivity index (χ4v) is 6.14. The van der Waals surface area contributed by atoms with Crippen LogP contribution in [0.5, 0.6) is 0 Å². The van der Waals surface area contributed by atoms with E-state index in [0.29, 0.717) is 24.3 Å². The van der Waals surface area contributed by atoms with Crippen molar-refractivity contribution in [3.63, 3.8) is 0 Å². The molecule has 1 fully saturated rings. The van der Waals surface area contributed by atoms with Crippen LogP contribution in [0.3, 0.4) is 0 Å². The van der Waals surface area contributed by atoms with Crippen molar-refractivity contribution in [3.05, 3.63) is 60.4 Å². The van der Waals surface area contributed by atoms with E-state index in [9.17, 15) is 12.6 Å². The van der Waals surface area contributed by atoms with E-state index in [-0.39, 0.29) is 10.9 Å². The zero-order chi connectivity index (χ0) is 19.7. The number of fused-ring (bicyclic) bond motifs is 1. The highest BCUT2D eigenvalue weighted by Crippen LogP contribution is 2.29. The van der Waals surface area contributed by atoms with Crippen LogP contribution in [0, 0.1) is 0 Å². The predicted molar refractivity (Wildman–Crippen MR) is 107 cm³/mol. The van der Waals surface area contributed by atoms with Gasteiger partial charge in [-0.1, -0.05) is 18.2 Å². The van der Waals surface area contributed by atoms with Crippen molar-refractivity contribution in [1.82, 2.24) is 13.3 Å². The summed E-state index contributed by atoms with van der Waals surface area (Å²) in [6, 6.07) is 13.8. The van der Waals surface area contributed by atoms with Crippen LogP contribution in [-0.4, -0.2) is 45.6 Å². The summed E-state index contributed by atoms with van der Waals surface area (Å²) in [6.45, 7) is 0.662. The SMILES string of the molecule is COS(=O)N1CCCC1Cc1cc2cccnc2n1S(=O)(=O)c1ccccc1. The number of benzene rings is 1. The minimum atomic E-state index is -3.81. The molecule has 148 valence electrons. The number of hydrogen-bond acceptors (Lipinski definition) is 5. The summed E-state index contributed by atoms with van der Waals surface area (Å²) in [6.07, 6.45) is 3.75. The normalized spacial score (nSPS) is 19.2. The second kappa shape index (κ2) is 7.75. The van der Waals surface area contributed by atoms with Gasteiger partial charge in [0.1, 0.15) is 0 Å². The van der Waals surface area contributed by atoms with Gasteiger partial charge in [-0.05, 0) is 43.2 Å². The molecule has 2 atom stereocenters. The molecule has 3 heterocycles. The molecule has 0 N–H and O–H groups in total. The fourth-order valence-electron chi connectivity index (χ4n) is 3.72. The first kappa shape index (κ1) is 19.3. The lowest BCUT2D eigenvalue weighted by Gasteiger charge is -2.22. The van der Waals surface area contributed by atoms with Crippen molar-refractivity contribution >= 4 is 32.3 Å². The summed E-state index contributed by atoms with van der Waals surface area (Å²) < 4.78 is 47.1. The standard InChI is InChI=1S/C19H21N3O4S2/c1-26-27(23)21-12-6-8-16(21)14-17-13-15-7-5-11-20-19(15)22(17)28(24,25)18-9-3-2-4-10-18/h2-5,7,9-11,13,16H,6,8,12,14H2,1H3. The van der Waals surface area contributed by atoms with Gasteiger partial charge in [-0.25, -0.2) is 21.6 Å². The lowest BCUT2D eigenvalue weighted by atomic mass is 10.1. The molecule has 0 spiro atoms. The number of aromatic nitrogens is 2. The monoisotopic (exact) mass is 419 g/mol. The Balaban J connectivity index is 1.82. The molecule has 3 aromatic rings. The molecule has 0 amide bonds. The number of hydrogen-bond donors (Lipinski definition) is 0. The van der Waals surface area contributed by atoms with Gasteiger partial charge in [0.05, 0.1) is 12.0 Å². The molecule has 1 saturated heterocycles. The highest BCUT2D eigenvalue weighted by Gasteiger charge is 2.32. The van der Waals surface area contributed by atoms with Crippen molar-refractivity contribution in [2.45, 2.75) is 30.2 Å². The maximum atomic E-state index is 13.4. The average Bonchev–Trinajstić information content (AvgIpc) is 3.32. The van der Waals surface area contributed by atoms with Gasteiger partial charge < -0.3 is 0 Å². The molecule has 1 aromatic carbocycles. The largest absolute Gasteiger partial charge is 0.281 e. The highest BCUT2D eigenvalue weighted by molar-refractivity contribution is 7.90. The van der Waals surface area contributed by atoms with Crippen LogP contribution in [0.1, 0.15) is 18.5 Å². The lowest BCUT2D eigenvalue weighted by Crippen LogP contribution is -2.34. The van der Waals surface area contributed by atoms with Crippen molar-refractivity contribution in [2.24, 2.45) is 0 Å². The quantitative estimate of drug-likeness (QED) is 0.613. The molecule has 2 unspecified atom stereocenters. The van der Waals surface area contributed by atoms with E-state index < -0.39 is 21.3 Å². The molecule has 1 aliphatic heterocycles. The van der Waals surface area contributed by atoms with Crippen molar-refractivity contribution < 1.29 is 16.8 Å². The molecule has 28 heavy (non-hydrogen) atoms. The van der Waals surface area contributed by atoms with Crippen LogP contribution in [0.2, 0.25) is 0 Å². The third-order valence-corrected chi connectivity index (χ3v) is 7.88. The molecule has 0 saturated carbocycles. The Morgan fingerprint density at radius 2 is 2.00 bits per heavy atom. The van der Waals surface area contributed by atoms with Gasteiger partial charge in [-0.3, -0.25) is 4.18 Å². The third-order valence-electron chi connectivity index (χ3n) is 4.98. The first-order valence-electron chi connectivity index (χ1n) is 9.01. The molecule has 0 radical (unpaired) electrons. The van der Waals surface area contributed by atoms with E-state index in [1.165, 1.54) is 11.1 Å². The molecule has 2 aromatic heterocycles. The maximum Gasteiger partial charge on any atom is 0.269 e. The van der Waals surface area contributed by atoms with Crippen LogP contribution in [0.4, 0.5) is 0 Å². The van der Waals surface area contributed by atoms with E-state index in [1.807, 2.05) is 12.1 Å². The molecular formula is C19H21N3O4S2. The van der Waals surface area contributed by atoms with Crippen LogP contribution in [-0.2, 0) is 31.9 Å². The van der Waals surface area contributed by atoms with Gasteiger partial charge in [0.15, 0.2) is 5.65 Å². The molecule has 9 heteroatoms. The minimum absolute atomic E-state index is 0.0604. The second-order valence-electron chi connectivity index (χ2n) is 6.66. The Labute approximate surface area is 166 Å². The number of nitrogens with zero attached hydrogens (tertiary/aromatic N) is 3. The van der Waals surface area contributed by atoms with Gasteiger partial charge in [0.25, 0.3) is 10.0 Å².